The highest BCUT2D eigenvalue weighted by molar-refractivity contribution is 5.64. The van der Waals surface area contributed by atoms with Gasteiger partial charge in [0.2, 0.25) is 0 Å². The Kier molecular flexibility index (Phi) is 4.22. The first-order chi connectivity index (χ1) is 11.7. The van der Waals surface area contributed by atoms with Crippen LogP contribution in [0.1, 0.15) is 50.2 Å². The molecule has 6 nitrogen and oxygen atoms in total. The van der Waals surface area contributed by atoms with Gasteiger partial charge in [-0.3, -0.25) is 9.36 Å². The molecule has 1 aliphatic carbocycles. The van der Waals surface area contributed by atoms with Gasteiger partial charge in [0.1, 0.15) is 5.82 Å². The average Bonchev–Trinajstić information content (AvgIpc) is 3.04. The summed E-state index contributed by atoms with van der Waals surface area (Å²) in [6.07, 6.45) is 10.8. The fraction of sp³-hybridized carbons (Fsp3) is 0.611. The van der Waals surface area contributed by atoms with Crippen LogP contribution in [0.3, 0.4) is 0 Å². The third kappa shape index (κ3) is 2.79. The fourth-order valence-electron chi connectivity index (χ4n) is 3.87. The molecule has 0 aromatic carbocycles. The van der Waals surface area contributed by atoms with Gasteiger partial charge in [-0.25, -0.2) is 9.50 Å². The van der Waals surface area contributed by atoms with Crippen LogP contribution in [0.25, 0.3) is 11.1 Å². The van der Waals surface area contributed by atoms with Crippen LogP contribution >= 0.6 is 0 Å². The van der Waals surface area contributed by atoms with Gasteiger partial charge in [-0.2, -0.15) is 5.10 Å². The van der Waals surface area contributed by atoms with E-state index in [0.29, 0.717) is 24.6 Å². The lowest BCUT2D eigenvalue weighted by molar-refractivity contribution is 0.161. The Morgan fingerprint density at radius 2 is 2.12 bits per heavy atom. The monoisotopic (exact) mass is 328 g/mol. The van der Waals surface area contributed by atoms with Crippen LogP contribution in [0.2, 0.25) is 0 Å². The molecule has 2 aliphatic rings. The molecule has 0 saturated heterocycles. The molecule has 0 N–H and O–H groups in total. The number of fused-ring (bicyclic) bond motifs is 1. The van der Waals surface area contributed by atoms with E-state index in [1.807, 2.05) is 17.6 Å². The van der Waals surface area contributed by atoms with Crippen LogP contribution < -0.4 is 5.56 Å². The van der Waals surface area contributed by atoms with Crippen LogP contribution in [-0.2, 0) is 11.3 Å². The first-order valence-corrected chi connectivity index (χ1v) is 8.96. The van der Waals surface area contributed by atoms with Crippen molar-refractivity contribution in [3.63, 3.8) is 0 Å². The van der Waals surface area contributed by atoms with Crippen molar-refractivity contribution in [2.45, 2.75) is 52.0 Å². The van der Waals surface area contributed by atoms with E-state index in [1.54, 1.807) is 10.7 Å². The zero-order valence-corrected chi connectivity index (χ0v) is 14.2. The first-order valence-electron chi connectivity index (χ1n) is 8.96. The van der Waals surface area contributed by atoms with Crippen molar-refractivity contribution in [3.8, 4) is 0 Å². The molecule has 0 bridgehead atoms. The highest BCUT2D eigenvalue weighted by atomic mass is 16.5. The molecular weight excluding hydrogens is 304 g/mol. The second kappa shape index (κ2) is 6.51. The molecule has 1 aliphatic heterocycles. The Morgan fingerprint density at radius 3 is 2.88 bits per heavy atom. The molecule has 3 heterocycles. The number of hydrogen-bond donors (Lipinski definition) is 0. The van der Waals surface area contributed by atoms with Gasteiger partial charge in [0.25, 0.3) is 5.56 Å². The molecule has 128 valence electrons. The number of hydrogen-bond acceptors (Lipinski definition) is 4. The molecule has 0 amide bonds. The molecule has 4 rings (SSSR count). The Morgan fingerprint density at radius 1 is 1.29 bits per heavy atom. The van der Waals surface area contributed by atoms with Crippen molar-refractivity contribution in [1.82, 2.24) is 19.2 Å². The van der Waals surface area contributed by atoms with Gasteiger partial charge in [0.15, 0.2) is 11.3 Å². The molecule has 0 atom stereocenters. The van der Waals surface area contributed by atoms with E-state index in [4.69, 9.17) is 4.74 Å². The first kappa shape index (κ1) is 15.6. The fourth-order valence-corrected chi connectivity index (χ4v) is 3.87. The Bertz CT molecular complexity index is 827. The van der Waals surface area contributed by atoms with E-state index in [0.717, 1.165) is 30.2 Å². The minimum Gasteiger partial charge on any atom is -0.377 e. The summed E-state index contributed by atoms with van der Waals surface area (Å²) in [6.45, 7) is 4.00. The van der Waals surface area contributed by atoms with Gasteiger partial charge in [-0.05, 0) is 37.7 Å². The molecule has 2 aromatic rings. The smallest absolute Gasteiger partial charge is 0.279 e. The standard InChI is InChI=1S/C18H24N4O2/c1-13-20-22-16(11-19-17(22)15-7-9-24-10-8-15)18(23)21(13)12-14-5-3-2-4-6-14/h7,11,14H,2-6,8-10,12H2,1H3. The van der Waals surface area contributed by atoms with Crippen LogP contribution in [0.4, 0.5) is 0 Å². The molecule has 24 heavy (non-hydrogen) atoms. The van der Waals surface area contributed by atoms with Crippen LogP contribution in [0, 0.1) is 12.8 Å². The van der Waals surface area contributed by atoms with E-state index < -0.39 is 0 Å². The number of nitrogens with zero attached hydrogens (tertiary/aromatic N) is 4. The minimum absolute atomic E-state index is 0.0273. The maximum atomic E-state index is 12.9. The van der Waals surface area contributed by atoms with E-state index in [1.165, 1.54) is 32.1 Å². The molecule has 0 unspecified atom stereocenters. The number of ether oxygens (including phenoxy) is 1. The second-order valence-corrected chi connectivity index (χ2v) is 6.90. The third-order valence-electron chi connectivity index (χ3n) is 5.25. The highest BCUT2D eigenvalue weighted by Gasteiger charge is 2.20. The maximum Gasteiger partial charge on any atom is 0.279 e. The molecule has 1 saturated carbocycles. The van der Waals surface area contributed by atoms with Gasteiger partial charge in [0.05, 0.1) is 19.4 Å². The lowest BCUT2D eigenvalue weighted by Crippen LogP contribution is -2.30. The number of aryl methyl sites for hydroxylation is 1. The van der Waals surface area contributed by atoms with Crippen molar-refractivity contribution in [1.29, 1.82) is 0 Å². The molecule has 0 radical (unpaired) electrons. The quantitative estimate of drug-likeness (QED) is 0.869. The van der Waals surface area contributed by atoms with Gasteiger partial charge in [-0.1, -0.05) is 25.3 Å². The topological polar surface area (TPSA) is 61.4 Å². The maximum absolute atomic E-state index is 12.9. The van der Waals surface area contributed by atoms with Crippen molar-refractivity contribution in [2.75, 3.05) is 13.2 Å². The van der Waals surface area contributed by atoms with Gasteiger partial charge >= 0.3 is 0 Å². The molecule has 2 aromatic heterocycles. The zero-order chi connectivity index (χ0) is 16.5. The van der Waals surface area contributed by atoms with E-state index in [2.05, 4.69) is 10.1 Å². The number of imidazole rings is 1. The lowest BCUT2D eigenvalue weighted by Gasteiger charge is -2.23. The number of aromatic nitrogens is 4. The second-order valence-electron chi connectivity index (χ2n) is 6.90. The van der Waals surface area contributed by atoms with Crippen molar-refractivity contribution < 1.29 is 4.74 Å². The Hall–Kier alpha value is -1.95. The van der Waals surface area contributed by atoms with Crippen LogP contribution in [0.5, 0.6) is 0 Å². The van der Waals surface area contributed by atoms with Crippen LogP contribution in [0.15, 0.2) is 17.1 Å². The highest BCUT2D eigenvalue weighted by Crippen LogP contribution is 2.25. The van der Waals surface area contributed by atoms with Crippen molar-refractivity contribution >= 4 is 11.1 Å². The summed E-state index contributed by atoms with van der Waals surface area (Å²) in [5, 5.41) is 4.67. The zero-order valence-electron chi connectivity index (χ0n) is 14.2. The summed E-state index contributed by atoms with van der Waals surface area (Å²) in [5.74, 6) is 2.14. The van der Waals surface area contributed by atoms with Gasteiger partial charge in [0, 0.05) is 6.54 Å². The summed E-state index contributed by atoms with van der Waals surface area (Å²) in [4.78, 5) is 17.4. The summed E-state index contributed by atoms with van der Waals surface area (Å²) >= 11 is 0. The van der Waals surface area contributed by atoms with Crippen molar-refractivity contribution in [2.24, 2.45) is 5.92 Å². The average molecular weight is 328 g/mol. The van der Waals surface area contributed by atoms with E-state index in [9.17, 15) is 4.79 Å². The lowest BCUT2D eigenvalue weighted by atomic mass is 9.89. The van der Waals surface area contributed by atoms with Crippen molar-refractivity contribution in [3.05, 3.63) is 34.3 Å². The van der Waals surface area contributed by atoms with Crippen LogP contribution in [-0.4, -0.2) is 32.4 Å². The summed E-state index contributed by atoms with van der Waals surface area (Å²) in [6, 6.07) is 0. The SMILES string of the molecule is Cc1nn2c(C3=CCOCC3)ncc2c(=O)n1CC1CCCCC1. The normalized spacial score (nSPS) is 19.6. The summed E-state index contributed by atoms with van der Waals surface area (Å²) in [5.41, 5.74) is 1.70. The minimum atomic E-state index is 0.0273. The molecule has 1 fully saturated rings. The largest absolute Gasteiger partial charge is 0.377 e. The Balaban J connectivity index is 1.72. The molecule has 6 heteroatoms. The predicted molar refractivity (Wildman–Crippen MR) is 92.0 cm³/mol. The predicted octanol–water partition coefficient (Wildman–Crippen LogP) is 2.58. The van der Waals surface area contributed by atoms with E-state index >= 15 is 0 Å². The van der Waals surface area contributed by atoms with Gasteiger partial charge < -0.3 is 4.74 Å². The summed E-state index contributed by atoms with van der Waals surface area (Å²) < 4.78 is 8.92. The molecule has 0 spiro atoms. The van der Waals surface area contributed by atoms with E-state index in [-0.39, 0.29) is 5.56 Å². The summed E-state index contributed by atoms with van der Waals surface area (Å²) in [7, 11) is 0. The van der Waals surface area contributed by atoms with Gasteiger partial charge in [-0.15, -0.1) is 0 Å². The number of rotatable bonds is 3. The Labute approximate surface area is 141 Å². The molecular formula is C18H24N4O2. The third-order valence-corrected chi connectivity index (χ3v) is 5.25.